The molecule has 122 valence electrons. The van der Waals surface area contributed by atoms with E-state index in [0.717, 1.165) is 0 Å². The van der Waals surface area contributed by atoms with Gasteiger partial charge in [-0.05, 0) is 5.56 Å². The molecule has 0 amide bonds. The highest BCUT2D eigenvalue weighted by Gasteiger charge is 2.45. The van der Waals surface area contributed by atoms with E-state index < -0.39 is 49.4 Å². The zero-order valence-electron chi connectivity index (χ0n) is 11.5. The predicted octanol–water partition coefficient (Wildman–Crippen LogP) is -1.37. The van der Waals surface area contributed by atoms with Crippen molar-refractivity contribution in [2.24, 2.45) is 0 Å². The minimum Gasteiger partial charge on any atom is -0.479 e. The van der Waals surface area contributed by atoms with Crippen molar-refractivity contribution in [3.8, 4) is 0 Å². The number of ether oxygens (including phenoxy) is 2. The Kier molecular flexibility index (Phi) is 5.46. The van der Waals surface area contributed by atoms with Gasteiger partial charge in [0.1, 0.15) is 24.4 Å². The zero-order chi connectivity index (χ0) is 16.3. The third kappa shape index (κ3) is 3.43. The molecule has 1 aromatic carbocycles. The van der Waals surface area contributed by atoms with Crippen LogP contribution in [-0.2, 0) is 14.3 Å². The van der Waals surface area contributed by atoms with Gasteiger partial charge in [-0.2, -0.15) is 0 Å². The second-order valence-corrected chi connectivity index (χ2v) is 4.96. The summed E-state index contributed by atoms with van der Waals surface area (Å²) < 4.78 is 10.4. The van der Waals surface area contributed by atoms with Crippen molar-refractivity contribution >= 4 is 5.97 Å². The second-order valence-electron chi connectivity index (χ2n) is 4.96. The quantitative estimate of drug-likeness (QED) is 0.449. The number of rotatable bonds is 5. The van der Waals surface area contributed by atoms with E-state index in [1.165, 1.54) is 12.1 Å². The molecule has 22 heavy (non-hydrogen) atoms. The number of hydrogen-bond donors (Lipinski definition) is 5. The molecular weight excluding hydrogens is 296 g/mol. The summed E-state index contributed by atoms with van der Waals surface area (Å²) in [6.45, 7) is -0.617. The lowest BCUT2D eigenvalue weighted by Crippen LogP contribution is -2.59. The second kappa shape index (κ2) is 7.14. The van der Waals surface area contributed by atoms with Crippen LogP contribution in [0.2, 0.25) is 0 Å². The maximum Gasteiger partial charge on any atom is 0.337 e. The van der Waals surface area contributed by atoms with E-state index in [9.17, 15) is 25.2 Å². The van der Waals surface area contributed by atoms with Crippen LogP contribution >= 0.6 is 0 Å². The standard InChI is InChI=1S/C14H18O8/c15-6-8-9(16)10(17)11(18)14(21-8)22-12(13(19)20)7-4-2-1-3-5-7/h1-5,8-12,14-18H,6H2,(H,19,20)/t8-,9-,10+,11-,12+,14+/m1/s1. The van der Waals surface area contributed by atoms with Crippen LogP contribution in [-0.4, -0.2) is 68.8 Å². The first-order chi connectivity index (χ1) is 10.5. The van der Waals surface area contributed by atoms with Crippen LogP contribution in [0.4, 0.5) is 0 Å². The maximum absolute atomic E-state index is 11.4. The molecule has 1 fully saturated rings. The number of carboxylic acids is 1. The zero-order valence-corrected chi connectivity index (χ0v) is 11.5. The molecule has 0 radical (unpaired) electrons. The summed E-state index contributed by atoms with van der Waals surface area (Å²) in [5, 5.41) is 47.6. The highest BCUT2D eigenvalue weighted by atomic mass is 16.7. The van der Waals surface area contributed by atoms with Crippen LogP contribution in [0.25, 0.3) is 0 Å². The van der Waals surface area contributed by atoms with E-state index >= 15 is 0 Å². The Morgan fingerprint density at radius 2 is 1.77 bits per heavy atom. The molecule has 1 heterocycles. The summed E-state index contributed by atoms with van der Waals surface area (Å²) >= 11 is 0. The average Bonchev–Trinajstić information content (AvgIpc) is 2.52. The van der Waals surface area contributed by atoms with Crippen molar-refractivity contribution in [1.29, 1.82) is 0 Å². The Balaban J connectivity index is 2.17. The van der Waals surface area contributed by atoms with Crippen LogP contribution in [0.3, 0.4) is 0 Å². The van der Waals surface area contributed by atoms with Gasteiger partial charge in [-0.1, -0.05) is 30.3 Å². The Morgan fingerprint density at radius 3 is 2.32 bits per heavy atom. The molecule has 1 aromatic rings. The summed E-state index contributed by atoms with van der Waals surface area (Å²) in [6, 6.07) is 8.02. The topological polar surface area (TPSA) is 137 Å². The van der Waals surface area contributed by atoms with Gasteiger partial charge in [0.05, 0.1) is 6.61 Å². The molecule has 0 bridgehead atoms. The minimum atomic E-state index is -1.65. The van der Waals surface area contributed by atoms with Gasteiger partial charge in [-0.3, -0.25) is 0 Å². The van der Waals surface area contributed by atoms with E-state index in [-0.39, 0.29) is 0 Å². The lowest BCUT2D eigenvalue weighted by atomic mass is 9.99. The Morgan fingerprint density at radius 1 is 1.14 bits per heavy atom. The summed E-state index contributed by atoms with van der Waals surface area (Å²) in [4.78, 5) is 11.4. The molecule has 1 aliphatic rings. The molecule has 2 rings (SSSR count). The Labute approximate surface area is 126 Å². The van der Waals surface area contributed by atoms with Crippen molar-refractivity contribution in [2.45, 2.75) is 36.8 Å². The van der Waals surface area contributed by atoms with Gasteiger partial charge >= 0.3 is 5.97 Å². The average molecular weight is 314 g/mol. The van der Waals surface area contributed by atoms with Crippen molar-refractivity contribution in [3.05, 3.63) is 35.9 Å². The lowest BCUT2D eigenvalue weighted by Gasteiger charge is -2.40. The fraction of sp³-hybridized carbons (Fsp3) is 0.500. The van der Waals surface area contributed by atoms with E-state index in [1.807, 2.05) is 0 Å². The molecule has 8 nitrogen and oxygen atoms in total. The smallest absolute Gasteiger partial charge is 0.337 e. The van der Waals surface area contributed by atoms with Gasteiger partial charge in [0, 0.05) is 0 Å². The fourth-order valence-corrected chi connectivity index (χ4v) is 2.22. The molecule has 1 aliphatic heterocycles. The number of hydrogen-bond acceptors (Lipinski definition) is 7. The van der Waals surface area contributed by atoms with Gasteiger partial charge in [0.15, 0.2) is 12.4 Å². The van der Waals surface area contributed by atoms with Crippen LogP contribution in [0, 0.1) is 0 Å². The van der Waals surface area contributed by atoms with Gasteiger partial charge in [-0.25, -0.2) is 4.79 Å². The highest BCUT2D eigenvalue weighted by molar-refractivity contribution is 5.74. The molecule has 0 saturated carbocycles. The van der Waals surface area contributed by atoms with Gasteiger partial charge < -0.3 is 35.0 Å². The summed E-state index contributed by atoms with van der Waals surface area (Å²) in [6.07, 6.45) is -8.89. The van der Waals surface area contributed by atoms with Crippen LogP contribution in [0.5, 0.6) is 0 Å². The maximum atomic E-state index is 11.4. The van der Waals surface area contributed by atoms with Crippen LogP contribution < -0.4 is 0 Å². The number of carboxylic acid groups (broad SMARTS) is 1. The molecule has 0 spiro atoms. The van der Waals surface area contributed by atoms with E-state index in [1.54, 1.807) is 18.2 Å². The number of benzene rings is 1. The first-order valence-corrected chi connectivity index (χ1v) is 6.69. The minimum absolute atomic E-state index is 0.326. The van der Waals surface area contributed by atoms with Crippen LogP contribution in [0.15, 0.2) is 30.3 Å². The largest absolute Gasteiger partial charge is 0.479 e. The normalized spacial score (nSPS) is 33.4. The third-order valence-electron chi connectivity index (χ3n) is 3.45. The molecular formula is C14H18O8. The Bertz CT molecular complexity index is 491. The fourth-order valence-electron chi connectivity index (χ4n) is 2.22. The van der Waals surface area contributed by atoms with Crippen molar-refractivity contribution < 1.29 is 39.8 Å². The van der Waals surface area contributed by atoms with Crippen molar-refractivity contribution in [3.63, 3.8) is 0 Å². The van der Waals surface area contributed by atoms with Gasteiger partial charge in [0.25, 0.3) is 0 Å². The predicted molar refractivity (Wildman–Crippen MR) is 71.7 cm³/mol. The van der Waals surface area contributed by atoms with E-state index in [2.05, 4.69) is 0 Å². The summed E-state index contributed by atoms with van der Waals surface area (Å²) in [7, 11) is 0. The van der Waals surface area contributed by atoms with Gasteiger partial charge in [0.2, 0.25) is 0 Å². The molecule has 0 aromatic heterocycles. The molecule has 6 atom stereocenters. The molecule has 5 N–H and O–H groups in total. The van der Waals surface area contributed by atoms with Gasteiger partial charge in [-0.15, -0.1) is 0 Å². The first kappa shape index (κ1) is 16.8. The monoisotopic (exact) mass is 314 g/mol. The summed E-state index contributed by atoms with van der Waals surface area (Å²) in [5.41, 5.74) is 0.326. The van der Waals surface area contributed by atoms with E-state index in [0.29, 0.717) is 5.56 Å². The molecule has 0 aliphatic carbocycles. The first-order valence-electron chi connectivity index (χ1n) is 6.69. The third-order valence-corrected chi connectivity index (χ3v) is 3.45. The van der Waals surface area contributed by atoms with Crippen LogP contribution in [0.1, 0.15) is 11.7 Å². The van der Waals surface area contributed by atoms with Crippen molar-refractivity contribution in [2.75, 3.05) is 6.61 Å². The number of aliphatic carboxylic acids is 1. The molecule has 0 unspecified atom stereocenters. The summed E-state index contributed by atoms with van der Waals surface area (Å²) in [5.74, 6) is -1.30. The number of aliphatic hydroxyl groups excluding tert-OH is 4. The highest BCUT2D eigenvalue weighted by Crippen LogP contribution is 2.27. The molecule has 8 heteroatoms. The number of aliphatic hydroxyl groups is 4. The lowest BCUT2D eigenvalue weighted by molar-refractivity contribution is -0.311. The SMILES string of the molecule is O=C(O)[C@@H](O[C@@H]1O[C@H](CO)[C@@H](O)[C@H](O)[C@H]1O)c1ccccc1. The molecule has 1 saturated heterocycles. The Hall–Kier alpha value is -1.55. The number of carbonyl (C=O) groups is 1. The van der Waals surface area contributed by atoms with Crippen molar-refractivity contribution in [1.82, 2.24) is 0 Å². The van der Waals surface area contributed by atoms with E-state index in [4.69, 9.17) is 14.6 Å².